The standard InChI is InChI=1S/C44H32N2O5/c1-3-51-38-20-16-36(17-21-38)46(35-14-18-37(50-2)19-15-35)34-12-8-30(9-13-34)32-11-23-40-39-22-10-31(25-41(39)43(47)42(40)26-32)29-6-4-28(5-7-29)24-33(27-45)44(48)49/h4-26H,3H2,1-2H3,(H,48,49). The molecule has 0 amide bonds. The summed E-state index contributed by atoms with van der Waals surface area (Å²) in [5, 5.41) is 18.2. The molecule has 0 unspecified atom stereocenters. The summed E-state index contributed by atoms with van der Waals surface area (Å²) in [5.74, 6) is 0.298. The number of carboxylic acids is 1. The average molecular weight is 669 g/mol. The predicted octanol–water partition coefficient (Wildman–Crippen LogP) is 10.1. The van der Waals surface area contributed by atoms with Crippen LogP contribution in [0.15, 0.2) is 139 Å². The molecule has 0 aliphatic heterocycles. The molecule has 1 aliphatic carbocycles. The van der Waals surface area contributed by atoms with Crippen molar-refractivity contribution in [3.8, 4) is 50.9 Å². The van der Waals surface area contributed by atoms with Crippen LogP contribution in [-0.4, -0.2) is 30.6 Å². The van der Waals surface area contributed by atoms with E-state index in [4.69, 9.17) is 19.8 Å². The second-order valence-electron chi connectivity index (χ2n) is 12.0. The van der Waals surface area contributed by atoms with Crippen LogP contribution in [0.5, 0.6) is 11.5 Å². The molecule has 7 heteroatoms. The summed E-state index contributed by atoms with van der Waals surface area (Å²) in [6, 6.07) is 45.1. The Kier molecular flexibility index (Phi) is 8.90. The number of hydrogen-bond donors (Lipinski definition) is 1. The fourth-order valence-electron chi connectivity index (χ4n) is 6.36. The SMILES string of the molecule is CCOc1ccc(N(c2ccc(OC)cc2)c2ccc(-c3ccc4c(c3)C(=O)c3cc(-c5ccc(C=C(C#N)C(=O)O)cc5)ccc3-4)cc2)cc1. The molecule has 0 atom stereocenters. The highest BCUT2D eigenvalue weighted by Crippen LogP contribution is 2.42. The number of methoxy groups -OCH3 is 1. The zero-order valence-corrected chi connectivity index (χ0v) is 28.0. The molecule has 0 saturated carbocycles. The lowest BCUT2D eigenvalue weighted by atomic mass is 9.97. The van der Waals surface area contributed by atoms with Crippen molar-refractivity contribution in [2.24, 2.45) is 0 Å². The van der Waals surface area contributed by atoms with Crippen molar-refractivity contribution in [3.05, 3.63) is 156 Å². The first kappa shape index (κ1) is 32.6. The van der Waals surface area contributed by atoms with Crippen LogP contribution in [0.4, 0.5) is 17.1 Å². The Morgan fingerprint density at radius 2 is 1.12 bits per heavy atom. The molecule has 1 aliphatic rings. The summed E-state index contributed by atoms with van der Waals surface area (Å²) in [6.07, 6.45) is 1.33. The van der Waals surface area contributed by atoms with Gasteiger partial charge in [-0.05, 0) is 125 Å². The first-order valence-electron chi connectivity index (χ1n) is 16.4. The lowest BCUT2D eigenvalue weighted by Crippen LogP contribution is -2.09. The van der Waals surface area contributed by atoms with Gasteiger partial charge in [0.15, 0.2) is 5.78 Å². The van der Waals surface area contributed by atoms with Crippen molar-refractivity contribution in [2.75, 3.05) is 18.6 Å². The summed E-state index contributed by atoms with van der Waals surface area (Å²) < 4.78 is 11.1. The number of rotatable bonds is 10. The smallest absolute Gasteiger partial charge is 0.346 e. The molecule has 0 saturated heterocycles. The maximum Gasteiger partial charge on any atom is 0.346 e. The van der Waals surface area contributed by atoms with Gasteiger partial charge in [0.2, 0.25) is 0 Å². The van der Waals surface area contributed by atoms with Crippen LogP contribution < -0.4 is 14.4 Å². The highest BCUT2D eigenvalue weighted by molar-refractivity contribution is 6.22. The Balaban J connectivity index is 1.15. The van der Waals surface area contributed by atoms with E-state index >= 15 is 0 Å². The van der Waals surface area contributed by atoms with Crippen molar-refractivity contribution in [2.45, 2.75) is 6.92 Å². The molecular weight excluding hydrogens is 636 g/mol. The first-order valence-corrected chi connectivity index (χ1v) is 16.4. The Labute approximate surface area is 295 Å². The summed E-state index contributed by atoms with van der Waals surface area (Å²) >= 11 is 0. The number of aliphatic carboxylic acids is 1. The Hall–Kier alpha value is -6.91. The van der Waals surface area contributed by atoms with Crippen molar-refractivity contribution < 1.29 is 24.2 Å². The number of ketones is 1. The van der Waals surface area contributed by atoms with E-state index < -0.39 is 5.97 Å². The van der Waals surface area contributed by atoms with Crippen molar-refractivity contribution in [1.29, 1.82) is 5.26 Å². The van der Waals surface area contributed by atoms with E-state index in [1.54, 1.807) is 25.3 Å². The fraction of sp³-hybridized carbons (Fsp3) is 0.0682. The number of hydrogen-bond acceptors (Lipinski definition) is 6. The van der Waals surface area contributed by atoms with Gasteiger partial charge in [0.25, 0.3) is 0 Å². The highest BCUT2D eigenvalue weighted by atomic mass is 16.5. The fourth-order valence-corrected chi connectivity index (χ4v) is 6.36. The van der Waals surface area contributed by atoms with E-state index in [-0.39, 0.29) is 11.4 Å². The lowest BCUT2D eigenvalue weighted by molar-refractivity contribution is -0.132. The van der Waals surface area contributed by atoms with Gasteiger partial charge in [-0.15, -0.1) is 0 Å². The Bertz CT molecular complexity index is 2340. The molecule has 51 heavy (non-hydrogen) atoms. The molecule has 0 heterocycles. The number of carbonyl (C=O) groups excluding carboxylic acids is 1. The van der Waals surface area contributed by atoms with Gasteiger partial charge in [-0.2, -0.15) is 5.26 Å². The second-order valence-corrected chi connectivity index (χ2v) is 12.0. The summed E-state index contributed by atoms with van der Waals surface area (Å²) in [7, 11) is 1.65. The minimum Gasteiger partial charge on any atom is -0.497 e. The minimum atomic E-state index is -1.27. The predicted molar refractivity (Wildman–Crippen MR) is 200 cm³/mol. The number of nitriles is 1. The quantitative estimate of drug-likeness (QED) is 0.114. The van der Waals surface area contributed by atoms with E-state index in [0.29, 0.717) is 23.3 Å². The Morgan fingerprint density at radius 1 is 0.667 bits per heavy atom. The van der Waals surface area contributed by atoms with Gasteiger partial charge >= 0.3 is 5.97 Å². The number of carboxylic acid groups (broad SMARTS) is 1. The molecule has 0 spiro atoms. The van der Waals surface area contributed by atoms with Gasteiger partial charge in [0.05, 0.1) is 13.7 Å². The summed E-state index contributed by atoms with van der Waals surface area (Å²) in [5.41, 5.74) is 9.99. The average Bonchev–Trinajstić information content (AvgIpc) is 3.45. The number of ether oxygens (including phenoxy) is 2. The zero-order valence-electron chi connectivity index (χ0n) is 28.0. The van der Waals surface area contributed by atoms with Gasteiger partial charge in [-0.3, -0.25) is 4.79 Å². The van der Waals surface area contributed by atoms with Crippen LogP contribution in [0.2, 0.25) is 0 Å². The van der Waals surface area contributed by atoms with Crippen LogP contribution >= 0.6 is 0 Å². The molecule has 1 N–H and O–H groups in total. The summed E-state index contributed by atoms with van der Waals surface area (Å²) in [6.45, 7) is 2.57. The van der Waals surface area contributed by atoms with Crippen molar-refractivity contribution in [3.63, 3.8) is 0 Å². The van der Waals surface area contributed by atoms with Gasteiger partial charge in [-0.25, -0.2) is 4.79 Å². The maximum atomic E-state index is 13.8. The molecular formula is C44H32N2O5. The highest BCUT2D eigenvalue weighted by Gasteiger charge is 2.27. The van der Waals surface area contributed by atoms with Crippen LogP contribution in [0.25, 0.3) is 39.5 Å². The molecule has 6 aromatic rings. The van der Waals surface area contributed by atoms with Crippen LogP contribution in [0, 0.1) is 11.3 Å². The van der Waals surface area contributed by atoms with Crippen LogP contribution in [0.3, 0.4) is 0 Å². The molecule has 0 fully saturated rings. The normalized spacial score (nSPS) is 11.7. The number of anilines is 3. The molecule has 0 aromatic heterocycles. The number of nitrogens with zero attached hydrogens (tertiary/aromatic N) is 2. The van der Waals surface area contributed by atoms with Crippen molar-refractivity contribution in [1.82, 2.24) is 0 Å². The number of benzene rings is 6. The Morgan fingerprint density at radius 3 is 1.57 bits per heavy atom. The molecule has 0 radical (unpaired) electrons. The second kappa shape index (κ2) is 13.9. The van der Waals surface area contributed by atoms with Crippen molar-refractivity contribution >= 4 is 34.9 Å². The monoisotopic (exact) mass is 668 g/mol. The largest absolute Gasteiger partial charge is 0.497 e. The van der Waals surface area contributed by atoms with E-state index in [2.05, 4.69) is 35.2 Å². The molecule has 7 rings (SSSR count). The van der Waals surface area contributed by atoms with E-state index in [0.717, 1.165) is 61.9 Å². The van der Waals surface area contributed by atoms with Crippen LogP contribution in [-0.2, 0) is 4.79 Å². The minimum absolute atomic E-state index is 0.0267. The summed E-state index contributed by atoms with van der Waals surface area (Å²) in [4.78, 5) is 27.2. The molecule has 6 aromatic carbocycles. The van der Waals surface area contributed by atoms with Gasteiger partial charge < -0.3 is 19.5 Å². The molecule has 7 nitrogen and oxygen atoms in total. The van der Waals surface area contributed by atoms with Gasteiger partial charge in [-0.1, -0.05) is 60.7 Å². The van der Waals surface area contributed by atoms with E-state index in [1.165, 1.54) is 6.08 Å². The number of fused-ring (bicyclic) bond motifs is 3. The topological polar surface area (TPSA) is 99.9 Å². The maximum absolute atomic E-state index is 13.8. The lowest BCUT2D eigenvalue weighted by Gasteiger charge is -2.26. The third-order valence-corrected chi connectivity index (χ3v) is 8.92. The van der Waals surface area contributed by atoms with Crippen LogP contribution in [0.1, 0.15) is 28.4 Å². The third kappa shape index (κ3) is 6.46. The first-order chi connectivity index (χ1) is 24.9. The molecule has 0 bridgehead atoms. The van der Waals surface area contributed by atoms with E-state index in [9.17, 15) is 9.59 Å². The van der Waals surface area contributed by atoms with Gasteiger partial charge in [0.1, 0.15) is 23.1 Å². The zero-order chi connectivity index (χ0) is 35.5. The van der Waals surface area contributed by atoms with E-state index in [1.807, 2.05) is 97.9 Å². The third-order valence-electron chi connectivity index (χ3n) is 8.92. The molecule has 248 valence electrons. The number of carbonyl (C=O) groups is 2. The van der Waals surface area contributed by atoms with Gasteiger partial charge in [0, 0.05) is 28.2 Å².